The zero-order valence-corrected chi connectivity index (χ0v) is 14.1. The molecule has 3 nitrogen and oxygen atoms in total. The van der Waals surface area contributed by atoms with Crippen LogP contribution in [0.3, 0.4) is 0 Å². The second-order valence-corrected chi connectivity index (χ2v) is 7.76. The SMILES string of the molecule is CCNC(CC(C)(C)C)c1ccc2c(c1)C(C)(C)C(=O)N2. The Morgan fingerprint density at radius 2 is 1.95 bits per heavy atom. The van der Waals surface area contributed by atoms with Crippen molar-refractivity contribution in [1.82, 2.24) is 5.32 Å². The van der Waals surface area contributed by atoms with Gasteiger partial charge in [0.25, 0.3) is 0 Å². The van der Waals surface area contributed by atoms with E-state index < -0.39 is 5.41 Å². The van der Waals surface area contributed by atoms with Crippen LogP contribution in [0.1, 0.15) is 65.1 Å². The van der Waals surface area contributed by atoms with Gasteiger partial charge in [-0.1, -0.05) is 39.8 Å². The first-order valence-corrected chi connectivity index (χ1v) is 7.84. The van der Waals surface area contributed by atoms with E-state index in [0.29, 0.717) is 6.04 Å². The van der Waals surface area contributed by atoms with Crippen LogP contribution >= 0.6 is 0 Å². The summed E-state index contributed by atoms with van der Waals surface area (Å²) in [6.45, 7) is 13.9. The molecule has 0 saturated heterocycles. The third-order valence-corrected chi connectivity index (χ3v) is 4.20. The van der Waals surface area contributed by atoms with Crippen LogP contribution < -0.4 is 10.6 Å². The van der Waals surface area contributed by atoms with E-state index in [-0.39, 0.29) is 11.3 Å². The Kier molecular flexibility index (Phi) is 4.16. The van der Waals surface area contributed by atoms with Gasteiger partial charge in [0, 0.05) is 11.7 Å². The van der Waals surface area contributed by atoms with Crippen molar-refractivity contribution in [3.05, 3.63) is 29.3 Å². The smallest absolute Gasteiger partial charge is 0.234 e. The van der Waals surface area contributed by atoms with Crippen LogP contribution in [-0.4, -0.2) is 12.5 Å². The maximum absolute atomic E-state index is 12.1. The summed E-state index contributed by atoms with van der Waals surface area (Å²) < 4.78 is 0. The van der Waals surface area contributed by atoms with E-state index in [2.05, 4.69) is 50.5 Å². The number of fused-ring (bicyclic) bond motifs is 1. The molecule has 1 aliphatic rings. The molecule has 2 N–H and O–H groups in total. The van der Waals surface area contributed by atoms with E-state index >= 15 is 0 Å². The zero-order chi connectivity index (χ0) is 15.8. The molecule has 1 aliphatic heterocycles. The second kappa shape index (κ2) is 5.45. The lowest BCUT2D eigenvalue weighted by atomic mass is 9.82. The van der Waals surface area contributed by atoms with E-state index in [0.717, 1.165) is 24.2 Å². The van der Waals surface area contributed by atoms with Gasteiger partial charge in [0.2, 0.25) is 5.91 Å². The molecule has 116 valence electrons. The molecule has 0 radical (unpaired) electrons. The molecule has 1 amide bonds. The Labute approximate surface area is 128 Å². The monoisotopic (exact) mass is 288 g/mol. The van der Waals surface area contributed by atoms with Crippen LogP contribution in [0.5, 0.6) is 0 Å². The summed E-state index contributed by atoms with van der Waals surface area (Å²) in [5.41, 5.74) is 3.16. The Bertz CT molecular complexity index is 541. The molecule has 0 saturated carbocycles. The number of hydrogen-bond donors (Lipinski definition) is 2. The minimum atomic E-state index is -0.441. The van der Waals surface area contributed by atoms with Crippen molar-refractivity contribution in [2.45, 2.75) is 59.4 Å². The molecule has 1 atom stereocenters. The number of rotatable bonds is 4. The number of nitrogens with one attached hydrogen (secondary N) is 2. The highest BCUT2D eigenvalue weighted by Gasteiger charge is 2.38. The molecular formula is C18H28N2O. The predicted molar refractivity (Wildman–Crippen MR) is 88.6 cm³/mol. The van der Waals surface area contributed by atoms with E-state index in [1.807, 2.05) is 19.9 Å². The summed E-state index contributed by atoms with van der Waals surface area (Å²) in [6, 6.07) is 6.71. The summed E-state index contributed by atoms with van der Waals surface area (Å²) in [5, 5.41) is 6.55. The van der Waals surface area contributed by atoms with Crippen molar-refractivity contribution in [3.63, 3.8) is 0 Å². The number of hydrogen-bond acceptors (Lipinski definition) is 2. The molecule has 0 fully saturated rings. The first-order chi connectivity index (χ1) is 9.65. The number of carbonyl (C=O) groups is 1. The minimum Gasteiger partial charge on any atom is -0.325 e. The second-order valence-electron chi connectivity index (χ2n) is 7.76. The van der Waals surface area contributed by atoms with E-state index in [1.54, 1.807) is 0 Å². The lowest BCUT2D eigenvalue weighted by molar-refractivity contribution is -0.119. The highest BCUT2D eigenvalue weighted by Crippen LogP contribution is 2.39. The fraction of sp³-hybridized carbons (Fsp3) is 0.611. The van der Waals surface area contributed by atoms with Gasteiger partial charge in [-0.25, -0.2) is 0 Å². The third-order valence-electron chi connectivity index (χ3n) is 4.20. The largest absolute Gasteiger partial charge is 0.325 e. The average molecular weight is 288 g/mol. The summed E-state index contributed by atoms with van der Waals surface area (Å²) in [5.74, 6) is 0.0884. The fourth-order valence-corrected chi connectivity index (χ4v) is 2.97. The average Bonchev–Trinajstić information content (AvgIpc) is 2.58. The standard InChI is InChI=1S/C18H28N2O/c1-7-19-15(11-17(2,3)4)12-8-9-14-13(10-12)18(5,6)16(21)20-14/h8-10,15,19H,7,11H2,1-6H3,(H,20,21). The molecule has 1 aromatic carbocycles. The predicted octanol–water partition coefficient (Wildman–Crippen LogP) is 4.00. The maximum atomic E-state index is 12.1. The Morgan fingerprint density at radius 1 is 1.29 bits per heavy atom. The fourth-order valence-electron chi connectivity index (χ4n) is 2.97. The van der Waals surface area contributed by atoms with Crippen LogP contribution in [-0.2, 0) is 10.2 Å². The van der Waals surface area contributed by atoms with Gasteiger partial charge in [0.15, 0.2) is 0 Å². The van der Waals surface area contributed by atoms with Gasteiger partial charge < -0.3 is 10.6 Å². The Morgan fingerprint density at radius 3 is 2.52 bits per heavy atom. The summed E-state index contributed by atoms with van der Waals surface area (Å²) in [7, 11) is 0. The van der Waals surface area contributed by atoms with Crippen molar-refractivity contribution in [1.29, 1.82) is 0 Å². The lowest BCUT2D eigenvalue weighted by Gasteiger charge is -2.28. The summed E-state index contributed by atoms with van der Waals surface area (Å²) in [4.78, 5) is 12.1. The van der Waals surface area contributed by atoms with Crippen molar-refractivity contribution in [3.8, 4) is 0 Å². The van der Waals surface area contributed by atoms with Gasteiger partial charge in [-0.15, -0.1) is 0 Å². The van der Waals surface area contributed by atoms with Crippen LogP contribution in [0.2, 0.25) is 0 Å². The minimum absolute atomic E-state index is 0.0884. The lowest BCUT2D eigenvalue weighted by Crippen LogP contribution is -2.28. The number of carbonyl (C=O) groups excluding carboxylic acids is 1. The molecule has 0 bridgehead atoms. The molecule has 0 aromatic heterocycles. The third kappa shape index (κ3) is 3.29. The van der Waals surface area contributed by atoms with Gasteiger partial charge in [-0.05, 0) is 49.4 Å². The molecular weight excluding hydrogens is 260 g/mol. The number of amides is 1. The van der Waals surface area contributed by atoms with Crippen LogP contribution in [0, 0.1) is 5.41 Å². The molecule has 0 spiro atoms. The summed E-state index contributed by atoms with van der Waals surface area (Å²) in [6.07, 6.45) is 1.07. The van der Waals surface area contributed by atoms with Crippen molar-refractivity contribution in [2.75, 3.05) is 11.9 Å². The highest BCUT2D eigenvalue weighted by molar-refractivity contribution is 6.05. The van der Waals surface area contributed by atoms with Crippen molar-refractivity contribution < 1.29 is 4.79 Å². The summed E-state index contributed by atoms with van der Waals surface area (Å²) >= 11 is 0. The van der Waals surface area contributed by atoms with Crippen molar-refractivity contribution >= 4 is 11.6 Å². The van der Waals surface area contributed by atoms with Crippen LogP contribution in [0.25, 0.3) is 0 Å². The molecule has 2 rings (SSSR count). The number of anilines is 1. The van der Waals surface area contributed by atoms with Gasteiger partial charge >= 0.3 is 0 Å². The highest BCUT2D eigenvalue weighted by atomic mass is 16.2. The van der Waals surface area contributed by atoms with Crippen LogP contribution in [0.4, 0.5) is 5.69 Å². The zero-order valence-electron chi connectivity index (χ0n) is 14.1. The van der Waals surface area contributed by atoms with E-state index in [1.165, 1.54) is 5.56 Å². The van der Waals surface area contributed by atoms with E-state index in [4.69, 9.17) is 0 Å². The van der Waals surface area contributed by atoms with Crippen molar-refractivity contribution in [2.24, 2.45) is 5.41 Å². The quantitative estimate of drug-likeness (QED) is 0.879. The Balaban J connectivity index is 2.36. The van der Waals surface area contributed by atoms with Gasteiger partial charge in [0.05, 0.1) is 5.41 Å². The molecule has 0 aliphatic carbocycles. The molecule has 1 aromatic rings. The topological polar surface area (TPSA) is 41.1 Å². The first kappa shape index (κ1) is 16.0. The van der Waals surface area contributed by atoms with Crippen LogP contribution in [0.15, 0.2) is 18.2 Å². The Hall–Kier alpha value is -1.35. The molecule has 1 heterocycles. The van der Waals surface area contributed by atoms with Gasteiger partial charge in [0.1, 0.15) is 0 Å². The molecule has 21 heavy (non-hydrogen) atoms. The number of benzene rings is 1. The van der Waals surface area contributed by atoms with Gasteiger partial charge in [-0.3, -0.25) is 4.79 Å². The van der Waals surface area contributed by atoms with Gasteiger partial charge in [-0.2, -0.15) is 0 Å². The van der Waals surface area contributed by atoms with E-state index in [9.17, 15) is 4.79 Å². The maximum Gasteiger partial charge on any atom is 0.234 e. The first-order valence-electron chi connectivity index (χ1n) is 7.84. The molecule has 1 unspecified atom stereocenters. The normalized spacial score (nSPS) is 18.3. The molecule has 3 heteroatoms.